The highest BCUT2D eigenvalue weighted by Gasteiger charge is 2.11. The third kappa shape index (κ3) is 4.55. The molecule has 21 heavy (non-hydrogen) atoms. The minimum atomic E-state index is 0.264. The lowest BCUT2D eigenvalue weighted by molar-refractivity contribution is 0.403. The first-order valence-electron chi connectivity index (χ1n) is 6.52. The standard InChI is InChI=1S/C16H16Br3NO/c1-10(11-3-5-13(17)6-4-11)20-9-12-7-14(18)8-15(19)16(12)21-2/h3-8,10,20H,9H2,1-2H3. The summed E-state index contributed by atoms with van der Waals surface area (Å²) in [7, 11) is 1.69. The van der Waals surface area contributed by atoms with Crippen molar-refractivity contribution in [3.8, 4) is 5.75 Å². The minimum Gasteiger partial charge on any atom is -0.495 e. The van der Waals surface area contributed by atoms with E-state index in [0.717, 1.165) is 31.3 Å². The Morgan fingerprint density at radius 1 is 1.05 bits per heavy atom. The monoisotopic (exact) mass is 475 g/mol. The van der Waals surface area contributed by atoms with Crippen molar-refractivity contribution in [1.29, 1.82) is 0 Å². The Morgan fingerprint density at radius 2 is 1.71 bits per heavy atom. The first-order valence-corrected chi connectivity index (χ1v) is 8.90. The number of hydrogen-bond acceptors (Lipinski definition) is 2. The topological polar surface area (TPSA) is 21.3 Å². The number of halogens is 3. The molecule has 0 aliphatic carbocycles. The van der Waals surface area contributed by atoms with Crippen molar-refractivity contribution in [2.75, 3.05) is 7.11 Å². The van der Waals surface area contributed by atoms with Crippen LogP contribution in [0.4, 0.5) is 0 Å². The molecule has 0 aromatic heterocycles. The van der Waals surface area contributed by atoms with E-state index in [1.54, 1.807) is 7.11 Å². The third-order valence-corrected chi connectivity index (χ3v) is 4.83. The number of nitrogens with one attached hydrogen (secondary N) is 1. The molecule has 0 saturated heterocycles. The summed E-state index contributed by atoms with van der Waals surface area (Å²) in [4.78, 5) is 0. The molecule has 2 nitrogen and oxygen atoms in total. The van der Waals surface area contributed by atoms with Crippen LogP contribution in [0, 0.1) is 0 Å². The van der Waals surface area contributed by atoms with E-state index >= 15 is 0 Å². The highest BCUT2D eigenvalue weighted by Crippen LogP contribution is 2.33. The van der Waals surface area contributed by atoms with Gasteiger partial charge in [0.25, 0.3) is 0 Å². The Morgan fingerprint density at radius 3 is 2.33 bits per heavy atom. The fourth-order valence-corrected chi connectivity index (χ4v) is 3.85. The van der Waals surface area contributed by atoms with Gasteiger partial charge >= 0.3 is 0 Å². The maximum atomic E-state index is 5.47. The summed E-state index contributed by atoms with van der Waals surface area (Å²) in [5.41, 5.74) is 2.37. The molecule has 0 aliphatic rings. The second-order valence-corrected chi connectivity index (χ2v) is 7.42. The molecule has 112 valence electrons. The van der Waals surface area contributed by atoms with E-state index in [1.807, 2.05) is 6.07 Å². The van der Waals surface area contributed by atoms with Gasteiger partial charge in [-0.3, -0.25) is 0 Å². The van der Waals surface area contributed by atoms with Crippen LogP contribution >= 0.6 is 47.8 Å². The van der Waals surface area contributed by atoms with Crippen LogP contribution in [0.15, 0.2) is 49.8 Å². The number of ether oxygens (including phenoxy) is 1. The van der Waals surface area contributed by atoms with Gasteiger partial charge in [0.05, 0.1) is 11.6 Å². The Hall–Kier alpha value is -0.360. The molecular weight excluding hydrogens is 462 g/mol. The first-order chi connectivity index (χ1) is 10.0. The van der Waals surface area contributed by atoms with Crippen molar-refractivity contribution in [3.63, 3.8) is 0 Å². The van der Waals surface area contributed by atoms with E-state index in [0.29, 0.717) is 0 Å². The van der Waals surface area contributed by atoms with Gasteiger partial charge in [0, 0.05) is 27.1 Å². The zero-order valence-electron chi connectivity index (χ0n) is 11.8. The normalized spacial score (nSPS) is 12.2. The molecule has 0 aliphatic heterocycles. The summed E-state index contributed by atoms with van der Waals surface area (Å²) in [6.45, 7) is 2.89. The number of benzene rings is 2. The van der Waals surface area contributed by atoms with Crippen LogP contribution in [0.3, 0.4) is 0 Å². The molecule has 2 aromatic rings. The van der Waals surface area contributed by atoms with E-state index in [4.69, 9.17) is 4.74 Å². The quantitative estimate of drug-likeness (QED) is 0.584. The minimum absolute atomic E-state index is 0.264. The van der Waals surface area contributed by atoms with Crippen LogP contribution in [0.5, 0.6) is 5.75 Å². The summed E-state index contributed by atoms with van der Waals surface area (Å²) in [6.07, 6.45) is 0. The largest absolute Gasteiger partial charge is 0.495 e. The number of hydrogen-bond donors (Lipinski definition) is 1. The predicted molar refractivity (Wildman–Crippen MR) is 97.8 cm³/mol. The zero-order valence-corrected chi connectivity index (χ0v) is 16.5. The summed E-state index contributed by atoms with van der Waals surface area (Å²) in [5, 5.41) is 3.53. The Bertz CT molecular complexity index is 614. The fraction of sp³-hybridized carbons (Fsp3) is 0.250. The molecular formula is C16H16Br3NO. The molecule has 0 spiro atoms. The summed E-state index contributed by atoms with van der Waals surface area (Å²) in [6, 6.07) is 12.7. The average molecular weight is 478 g/mol. The third-order valence-electron chi connectivity index (χ3n) is 3.26. The van der Waals surface area contributed by atoms with Gasteiger partial charge < -0.3 is 10.1 Å². The van der Waals surface area contributed by atoms with Gasteiger partial charge in [-0.15, -0.1) is 0 Å². The average Bonchev–Trinajstić information content (AvgIpc) is 2.45. The molecule has 1 atom stereocenters. The summed E-state index contributed by atoms with van der Waals surface area (Å²) in [5.74, 6) is 0.869. The van der Waals surface area contributed by atoms with Gasteiger partial charge in [-0.05, 0) is 52.7 Å². The Labute approximate surface area is 150 Å². The van der Waals surface area contributed by atoms with Crippen molar-refractivity contribution in [2.45, 2.75) is 19.5 Å². The molecule has 0 heterocycles. The van der Waals surface area contributed by atoms with Crippen molar-refractivity contribution in [3.05, 3.63) is 60.9 Å². The second kappa shape index (κ2) is 7.77. The maximum Gasteiger partial charge on any atom is 0.137 e. The van der Waals surface area contributed by atoms with Gasteiger partial charge in [0.15, 0.2) is 0 Å². The van der Waals surface area contributed by atoms with Gasteiger partial charge in [-0.2, -0.15) is 0 Å². The van der Waals surface area contributed by atoms with Crippen LogP contribution < -0.4 is 10.1 Å². The molecule has 2 rings (SSSR count). The summed E-state index contributed by atoms with van der Waals surface area (Å²) < 4.78 is 8.55. The van der Waals surface area contributed by atoms with Crippen molar-refractivity contribution >= 4 is 47.8 Å². The highest BCUT2D eigenvalue weighted by molar-refractivity contribution is 9.11. The van der Waals surface area contributed by atoms with E-state index in [-0.39, 0.29) is 6.04 Å². The molecule has 1 unspecified atom stereocenters. The van der Waals surface area contributed by atoms with Crippen LogP contribution in [-0.4, -0.2) is 7.11 Å². The van der Waals surface area contributed by atoms with Crippen LogP contribution in [0.25, 0.3) is 0 Å². The molecule has 0 radical (unpaired) electrons. The van der Waals surface area contributed by atoms with E-state index in [9.17, 15) is 0 Å². The molecule has 0 bridgehead atoms. The van der Waals surface area contributed by atoms with Gasteiger partial charge in [-0.25, -0.2) is 0 Å². The van der Waals surface area contributed by atoms with Crippen molar-refractivity contribution < 1.29 is 4.74 Å². The van der Waals surface area contributed by atoms with E-state index in [2.05, 4.69) is 90.4 Å². The van der Waals surface area contributed by atoms with Crippen LogP contribution in [0.1, 0.15) is 24.1 Å². The lowest BCUT2D eigenvalue weighted by atomic mass is 10.1. The first kappa shape index (κ1) is 17.0. The zero-order chi connectivity index (χ0) is 15.4. The molecule has 5 heteroatoms. The SMILES string of the molecule is COc1c(Br)cc(Br)cc1CNC(C)c1ccc(Br)cc1. The van der Waals surface area contributed by atoms with E-state index in [1.165, 1.54) is 5.56 Å². The molecule has 1 N–H and O–H groups in total. The lowest BCUT2D eigenvalue weighted by Crippen LogP contribution is -2.18. The smallest absolute Gasteiger partial charge is 0.137 e. The van der Waals surface area contributed by atoms with Gasteiger partial charge in [-0.1, -0.05) is 44.0 Å². The predicted octanol–water partition coefficient (Wildman–Crippen LogP) is 5.83. The van der Waals surface area contributed by atoms with Gasteiger partial charge in [0.2, 0.25) is 0 Å². The lowest BCUT2D eigenvalue weighted by Gasteiger charge is -2.17. The van der Waals surface area contributed by atoms with Crippen LogP contribution in [-0.2, 0) is 6.54 Å². The molecule has 0 amide bonds. The Kier molecular flexibility index (Phi) is 6.29. The number of methoxy groups -OCH3 is 1. The molecule has 0 fully saturated rings. The fourth-order valence-electron chi connectivity index (χ4n) is 2.11. The summed E-state index contributed by atoms with van der Waals surface area (Å²) >= 11 is 10.5. The second-order valence-electron chi connectivity index (χ2n) is 4.73. The maximum absolute atomic E-state index is 5.47. The van der Waals surface area contributed by atoms with Crippen LogP contribution in [0.2, 0.25) is 0 Å². The number of rotatable bonds is 5. The Balaban J connectivity index is 2.10. The molecule has 0 saturated carbocycles. The molecule has 2 aromatic carbocycles. The van der Waals surface area contributed by atoms with Crippen molar-refractivity contribution in [1.82, 2.24) is 5.32 Å². The van der Waals surface area contributed by atoms with Gasteiger partial charge in [0.1, 0.15) is 5.75 Å². The highest BCUT2D eigenvalue weighted by atomic mass is 79.9. The van der Waals surface area contributed by atoms with Crippen molar-refractivity contribution in [2.24, 2.45) is 0 Å². The van der Waals surface area contributed by atoms with E-state index < -0.39 is 0 Å².